The van der Waals surface area contributed by atoms with E-state index in [4.69, 9.17) is 9.47 Å². The Morgan fingerprint density at radius 2 is 1.69 bits per heavy atom. The Balaban J connectivity index is 1.61. The first-order valence-corrected chi connectivity index (χ1v) is 8.36. The van der Waals surface area contributed by atoms with Gasteiger partial charge >= 0.3 is 6.03 Å². The molecule has 3 amide bonds. The molecule has 0 fully saturated rings. The number of amides is 3. The molecule has 1 atom stereocenters. The molecule has 0 saturated heterocycles. The van der Waals surface area contributed by atoms with Crippen molar-refractivity contribution in [3.63, 3.8) is 0 Å². The second-order valence-electron chi connectivity index (χ2n) is 5.99. The fourth-order valence-corrected chi connectivity index (χ4v) is 2.66. The summed E-state index contributed by atoms with van der Waals surface area (Å²) >= 11 is 0. The predicted octanol–water partition coefficient (Wildman–Crippen LogP) is 3.30. The first kappa shape index (κ1) is 17.6. The minimum Gasteiger partial charge on any atom is -0.486 e. The molecule has 1 aliphatic heterocycles. The van der Waals surface area contributed by atoms with E-state index in [2.05, 4.69) is 16.0 Å². The summed E-state index contributed by atoms with van der Waals surface area (Å²) in [5.74, 6) is 1.15. The Morgan fingerprint density at radius 3 is 2.46 bits per heavy atom. The highest BCUT2D eigenvalue weighted by Gasteiger charge is 2.14. The number of rotatable bonds is 4. The Bertz CT molecular complexity index is 822. The molecule has 2 aromatic rings. The molecular formula is C19H21N3O4. The van der Waals surface area contributed by atoms with Gasteiger partial charge in [-0.3, -0.25) is 4.79 Å². The number of fused-ring (bicyclic) bond motifs is 1. The van der Waals surface area contributed by atoms with Gasteiger partial charge in [-0.05, 0) is 36.8 Å². The average Bonchev–Trinajstić information content (AvgIpc) is 2.61. The molecule has 0 radical (unpaired) electrons. The fraction of sp³-hybridized carbons (Fsp3) is 0.263. The van der Waals surface area contributed by atoms with E-state index in [1.165, 1.54) is 6.92 Å². The van der Waals surface area contributed by atoms with Crippen LogP contribution in [0.4, 0.5) is 16.2 Å². The van der Waals surface area contributed by atoms with Gasteiger partial charge in [0.1, 0.15) is 13.2 Å². The molecule has 1 aliphatic rings. The highest BCUT2D eigenvalue weighted by atomic mass is 16.6. The van der Waals surface area contributed by atoms with E-state index >= 15 is 0 Å². The van der Waals surface area contributed by atoms with E-state index in [0.29, 0.717) is 36.1 Å². The molecule has 3 rings (SSSR count). The van der Waals surface area contributed by atoms with Gasteiger partial charge in [0.2, 0.25) is 5.91 Å². The minimum absolute atomic E-state index is 0.140. The number of hydrogen-bond acceptors (Lipinski definition) is 4. The van der Waals surface area contributed by atoms with Gasteiger partial charge in [-0.1, -0.05) is 12.1 Å². The Hall–Kier alpha value is -3.22. The quantitative estimate of drug-likeness (QED) is 0.785. The molecule has 0 bridgehead atoms. The van der Waals surface area contributed by atoms with E-state index in [1.54, 1.807) is 24.3 Å². The molecule has 0 aromatic heterocycles. The van der Waals surface area contributed by atoms with Gasteiger partial charge < -0.3 is 25.4 Å². The molecule has 2 aromatic carbocycles. The van der Waals surface area contributed by atoms with E-state index in [-0.39, 0.29) is 18.0 Å². The second kappa shape index (κ2) is 7.77. The zero-order valence-corrected chi connectivity index (χ0v) is 14.7. The average molecular weight is 355 g/mol. The third kappa shape index (κ3) is 4.44. The van der Waals surface area contributed by atoms with Crippen LogP contribution in [0.25, 0.3) is 0 Å². The molecule has 136 valence electrons. The number of benzene rings is 2. The first-order chi connectivity index (χ1) is 12.5. The van der Waals surface area contributed by atoms with Gasteiger partial charge in [0, 0.05) is 24.4 Å². The third-order valence-corrected chi connectivity index (χ3v) is 3.85. The Morgan fingerprint density at radius 1 is 0.962 bits per heavy atom. The molecule has 0 saturated carbocycles. The number of nitrogens with one attached hydrogen (secondary N) is 3. The fourth-order valence-electron chi connectivity index (χ4n) is 2.66. The Kier molecular flexibility index (Phi) is 5.26. The lowest BCUT2D eigenvalue weighted by Gasteiger charge is -2.20. The molecule has 0 spiro atoms. The molecule has 26 heavy (non-hydrogen) atoms. The topological polar surface area (TPSA) is 88.7 Å². The number of hydrogen-bond donors (Lipinski definition) is 3. The summed E-state index contributed by atoms with van der Waals surface area (Å²) in [5.41, 5.74) is 2.19. The van der Waals surface area contributed by atoms with Gasteiger partial charge in [0.05, 0.1) is 6.04 Å². The lowest BCUT2D eigenvalue weighted by molar-refractivity contribution is -0.114. The van der Waals surface area contributed by atoms with E-state index < -0.39 is 0 Å². The molecule has 7 nitrogen and oxygen atoms in total. The number of carbonyl (C=O) groups excluding carboxylic acids is 2. The maximum atomic E-state index is 12.3. The number of urea groups is 1. The van der Waals surface area contributed by atoms with Gasteiger partial charge in [0.25, 0.3) is 0 Å². The Labute approximate surface area is 151 Å². The van der Waals surface area contributed by atoms with Crippen molar-refractivity contribution in [1.82, 2.24) is 5.32 Å². The number of anilines is 2. The van der Waals surface area contributed by atoms with E-state index in [9.17, 15) is 9.59 Å². The lowest BCUT2D eigenvalue weighted by atomic mass is 10.1. The van der Waals surface area contributed by atoms with Crippen LogP contribution in [-0.4, -0.2) is 25.2 Å². The SMILES string of the molecule is CC(=O)Nc1cccc(C(C)NC(=O)Nc2ccc3c(c2)OCCO3)c1. The van der Waals surface area contributed by atoms with Crippen LogP contribution in [0.3, 0.4) is 0 Å². The van der Waals surface area contributed by atoms with Crippen LogP contribution < -0.4 is 25.4 Å². The van der Waals surface area contributed by atoms with Crippen molar-refractivity contribution in [1.29, 1.82) is 0 Å². The maximum absolute atomic E-state index is 12.3. The lowest BCUT2D eigenvalue weighted by Crippen LogP contribution is -2.31. The van der Waals surface area contributed by atoms with Crippen LogP contribution in [-0.2, 0) is 4.79 Å². The zero-order valence-electron chi connectivity index (χ0n) is 14.7. The van der Waals surface area contributed by atoms with Gasteiger partial charge in [-0.2, -0.15) is 0 Å². The summed E-state index contributed by atoms with van der Waals surface area (Å²) in [4.78, 5) is 23.4. The molecular weight excluding hydrogens is 334 g/mol. The monoisotopic (exact) mass is 355 g/mol. The smallest absolute Gasteiger partial charge is 0.319 e. The van der Waals surface area contributed by atoms with Crippen molar-refractivity contribution < 1.29 is 19.1 Å². The van der Waals surface area contributed by atoms with Gasteiger partial charge in [0.15, 0.2) is 11.5 Å². The highest BCUT2D eigenvalue weighted by Crippen LogP contribution is 2.32. The van der Waals surface area contributed by atoms with Crippen molar-refractivity contribution in [2.75, 3.05) is 23.8 Å². The summed E-state index contributed by atoms with van der Waals surface area (Å²) in [6.45, 7) is 4.34. The van der Waals surface area contributed by atoms with E-state index in [0.717, 1.165) is 5.56 Å². The summed E-state index contributed by atoms with van der Waals surface area (Å²) in [6.07, 6.45) is 0. The van der Waals surface area contributed by atoms with Crippen molar-refractivity contribution >= 4 is 23.3 Å². The zero-order chi connectivity index (χ0) is 18.5. The van der Waals surface area contributed by atoms with Crippen LogP contribution in [0.5, 0.6) is 11.5 Å². The highest BCUT2D eigenvalue weighted by molar-refractivity contribution is 5.90. The largest absolute Gasteiger partial charge is 0.486 e. The number of ether oxygens (including phenoxy) is 2. The standard InChI is InChI=1S/C19H21N3O4/c1-12(14-4-3-5-15(10-14)21-13(2)23)20-19(24)22-16-6-7-17-18(11-16)26-9-8-25-17/h3-7,10-12H,8-9H2,1-2H3,(H,21,23)(H2,20,22,24). The predicted molar refractivity (Wildman–Crippen MR) is 98.7 cm³/mol. The summed E-state index contributed by atoms with van der Waals surface area (Å²) < 4.78 is 11.0. The van der Waals surface area contributed by atoms with Crippen molar-refractivity contribution in [3.8, 4) is 11.5 Å². The first-order valence-electron chi connectivity index (χ1n) is 8.36. The van der Waals surface area contributed by atoms with E-state index in [1.807, 2.05) is 25.1 Å². The van der Waals surface area contributed by atoms with Crippen LogP contribution >= 0.6 is 0 Å². The van der Waals surface area contributed by atoms with Crippen LogP contribution in [0.15, 0.2) is 42.5 Å². The molecule has 1 unspecified atom stereocenters. The van der Waals surface area contributed by atoms with Crippen LogP contribution in [0.1, 0.15) is 25.5 Å². The van der Waals surface area contributed by atoms with Crippen molar-refractivity contribution in [2.45, 2.75) is 19.9 Å². The normalized spacial score (nSPS) is 13.5. The molecule has 0 aliphatic carbocycles. The van der Waals surface area contributed by atoms with Gasteiger partial charge in [-0.15, -0.1) is 0 Å². The molecule has 3 N–H and O–H groups in total. The van der Waals surface area contributed by atoms with Gasteiger partial charge in [-0.25, -0.2) is 4.79 Å². The van der Waals surface area contributed by atoms with Crippen LogP contribution in [0, 0.1) is 0 Å². The third-order valence-electron chi connectivity index (χ3n) is 3.85. The van der Waals surface area contributed by atoms with Crippen LogP contribution in [0.2, 0.25) is 0 Å². The minimum atomic E-state index is -0.334. The summed E-state index contributed by atoms with van der Waals surface area (Å²) in [6, 6.07) is 12.0. The maximum Gasteiger partial charge on any atom is 0.319 e. The number of carbonyl (C=O) groups is 2. The summed E-state index contributed by atoms with van der Waals surface area (Å²) in [7, 11) is 0. The summed E-state index contributed by atoms with van der Waals surface area (Å²) in [5, 5.41) is 8.38. The molecule has 1 heterocycles. The molecule has 7 heteroatoms. The van der Waals surface area contributed by atoms with Crippen molar-refractivity contribution in [3.05, 3.63) is 48.0 Å². The second-order valence-corrected chi connectivity index (χ2v) is 5.99. The van der Waals surface area contributed by atoms with Crippen molar-refractivity contribution in [2.24, 2.45) is 0 Å².